The normalized spacial score (nSPS) is 11.2. The highest BCUT2D eigenvalue weighted by atomic mass is 16.6. The van der Waals surface area contributed by atoms with E-state index in [-0.39, 0.29) is 13.2 Å². The van der Waals surface area contributed by atoms with Crippen LogP contribution in [0, 0.1) is 0 Å². The fraction of sp³-hybridized carbons (Fsp3) is 0.692. The summed E-state index contributed by atoms with van der Waals surface area (Å²) >= 11 is 0. The molecule has 0 aromatic carbocycles. The van der Waals surface area contributed by atoms with Gasteiger partial charge in [-0.05, 0) is 13.8 Å². The van der Waals surface area contributed by atoms with Gasteiger partial charge in [0.25, 0.3) is 0 Å². The molecule has 21 heavy (non-hydrogen) atoms. The number of ether oxygens (including phenoxy) is 3. The predicted octanol–water partition coefficient (Wildman–Crippen LogP) is -0.208. The number of carbonyl (C=O) groups excluding carboxylic acids is 2. The maximum absolute atomic E-state index is 10.6. The molecule has 0 aromatic rings. The quantitative estimate of drug-likeness (QED) is 0.189. The van der Waals surface area contributed by atoms with Crippen molar-refractivity contribution in [2.75, 3.05) is 39.6 Å². The monoisotopic (exact) mass is 305 g/mol. The molecule has 1 atom stereocenters. The van der Waals surface area contributed by atoms with E-state index >= 15 is 0 Å². The van der Waals surface area contributed by atoms with Crippen LogP contribution in [0.5, 0.6) is 0 Å². The van der Waals surface area contributed by atoms with Crippen molar-refractivity contribution in [2.45, 2.75) is 20.1 Å². The van der Waals surface area contributed by atoms with Gasteiger partial charge in [-0.1, -0.05) is 6.08 Å². The lowest BCUT2D eigenvalue weighted by atomic mass is 10.5. The van der Waals surface area contributed by atoms with Gasteiger partial charge in [-0.3, -0.25) is 0 Å². The highest BCUT2D eigenvalue weighted by Crippen LogP contribution is 1.92. The zero-order valence-electron chi connectivity index (χ0n) is 12.4. The Kier molecular flexibility index (Phi) is 19.1. The van der Waals surface area contributed by atoms with E-state index in [9.17, 15) is 9.59 Å². The van der Waals surface area contributed by atoms with Crippen LogP contribution in [-0.4, -0.2) is 68.1 Å². The summed E-state index contributed by atoms with van der Waals surface area (Å²) < 4.78 is 14.3. The fourth-order valence-electron chi connectivity index (χ4n) is 0.895. The number of hydrogen-bond acceptors (Lipinski definition) is 8. The Morgan fingerprint density at radius 2 is 1.71 bits per heavy atom. The molecule has 0 fully saturated rings. The van der Waals surface area contributed by atoms with Crippen molar-refractivity contribution in [3.63, 3.8) is 0 Å². The van der Waals surface area contributed by atoms with Gasteiger partial charge in [0.1, 0.15) is 0 Å². The summed E-state index contributed by atoms with van der Waals surface area (Å²) in [7, 11) is 0. The van der Waals surface area contributed by atoms with Crippen LogP contribution in [0.3, 0.4) is 0 Å². The maximum Gasteiger partial charge on any atom is 0.332 e. The van der Waals surface area contributed by atoms with Gasteiger partial charge >= 0.3 is 5.97 Å². The van der Waals surface area contributed by atoms with Crippen molar-refractivity contribution >= 4 is 12.0 Å². The van der Waals surface area contributed by atoms with Crippen LogP contribution in [0.4, 0.5) is 0 Å². The van der Waals surface area contributed by atoms with Gasteiger partial charge < -0.3 is 24.4 Å². The van der Waals surface area contributed by atoms with Crippen molar-refractivity contribution in [1.29, 1.82) is 0 Å². The molecule has 2 N–H and O–H groups in total. The van der Waals surface area contributed by atoms with Crippen molar-refractivity contribution in [1.82, 2.24) is 0 Å². The van der Waals surface area contributed by atoms with Crippen LogP contribution in [-0.2, 0) is 23.8 Å². The number of aliphatic hydroxyl groups excluding tert-OH is 2. The molecule has 8 nitrogen and oxygen atoms in total. The number of hydrogen-bond donors (Lipinski definition) is 2. The molecule has 0 bridgehead atoms. The van der Waals surface area contributed by atoms with Gasteiger partial charge in [0.05, 0.1) is 39.6 Å². The third kappa shape index (κ3) is 20.9. The Labute approximate surface area is 124 Å². The zero-order valence-corrected chi connectivity index (χ0v) is 12.4. The average molecular weight is 305 g/mol. The Morgan fingerprint density at radius 1 is 1.19 bits per heavy atom. The van der Waals surface area contributed by atoms with E-state index in [1.54, 1.807) is 13.0 Å². The van der Waals surface area contributed by atoms with E-state index in [0.717, 1.165) is 0 Å². The molecule has 0 rings (SSSR count). The van der Waals surface area contributed by atoms with Gasteiger partial charge in [-0.25, -0.2) is 9.59 Å². The Hall–Kier alpha value is -1.57. The molecule has 0 aliphatic heterocycles. The largest absolute Gasteiger partial charge is 0.436 e. The standard InChI is InChI=1S/C7H9NO3.C6H14O4/c1-3-4-7(10)11-6(2)8-5-9;7-1-3-9-5-6-10-4-2-8/h3-4,6H,1-2H3;7-8H,1-6H2/b4-3+;. The van der Waals surface area contributed by atoms with Crippen LogP contribution in [0.2, 0.25) is 0 Å². The lowest BCUT2D eigenvalue weighted by molar-refractivity contribution is -0.141. The summed E-state index contributed by atoms with van der Waals surface area (Å²) in [6.45, 7) is 4.90. The summed E-state index contributed by atoms with van der Waals surface area (Å²) in [5.41, 5.74) is 0. The van der Waals surface area contributed by atoms with Gasteiger partial charge in [0, 0.05) is 6.08 Å². The van der Waals surface area contributed by atoms with Gasteiger partial charge in [-0.2, -0.15) is 4.99 Å². The third-order valence-corrected chi connectivity index (χ3v) is 1.67. The van der Waals surface area contributed by atoms with Gasteiger partial charge in [0.15, 0.2) is 0 Å². The molecule has 8 heteroatoms. The third-order valence-electron chi connectivity index (χ3n) is 1.67. The molecule has 0 radical (unpaired) electrons. The number of aliphatic imine (C=N–C) groups is 1. The Morgan fingerprint density at radius 3 is 2.10 bits per heavy atom. The number of esters is 1. The van der Waals surface area contributed by atoms with Crippen molar-refractivity contribution in [2.24, 2.45) is 4.99 Å². The second kappa shape index (κ2) is 18.4. The second-order valence-corrected chi connectivity index (χ2v) is 3.43. The minimum atomic E-state index is -0.754. The smallest absolute Gasteiger partial charge is 0.332 e. The van der Waals surface area contributed by atoms with Crippen molar-refractivity contribution < 1.29 is 34.0 Å². The summed E-state index contributed by atoms with van der Waals surface area (Å²) in [5.74, 6) is -0.515. The first-order valence-corrected chi connectivity index (χ1v) is 6.39. The fourth-order valence-corrected chi connectivity index (χ4v) is 0.895. The number of nitrogens with zero attached hydrogens (tertiary/aromatic N) is 1. The van der Waals surface area contributed by atoms with E-state index in [2.05, 4.69) is 9.73 Å². The molecule has 0 amide bonds. The summed E-state index contributed by atoms with van der Waals surface area (Å²) in [6, 6.07) is 0. The van der Waals surface area contributed by atoms with E-state index < -0.39 is 12.2 Å². The molecule has 122 valence electrons. The van der Waals surface area contributed by atoms with Crippen LogP contribution in [0.25, 0.3) is 0 Å². The molecule has 0 spiro atoms. The lowest BCUT2D eigenvalue weighted by Crippen LogP contribution is -2.09. The van der Waals surface area contributed by atoms with Crippen LogP contribution >= 0.6 is 0 Å². The molecule has 0 heterocycles. The molecule has 0 aromatic heterocycles. The van der Waals surface area contributed by atoms with E-state index in [1.165, 1.54) is 19.1 Å². The van der Waals surface area contributed by atoms with Crippen molar-refractivity contribution in [3.05, 3.63) is 12.2 Å². The maximum atomic E-state index is 10.6. The van der Waals surface area contributed by atoms with E-state index in [0.29, 0.717) is 26.4 Å². The molecular weight excluding hydrogens is 282 g/mol. The SMILES string of the molecule is C/C=C/C(=O)OC(C)N=C=O.OCCOCCOCCO. The Balaban J connectivity index is 0. The first-order valence-electron chi connectivity index (χ1n) is 6.39. The zero-order chi connectivity index (χ0) is 16.3. The minimum Gasteiger partial charge on any atom is -0.436 e. The minimum absolute atomic E-state index is 0.0417. The Bertz CT molecular complexity index is 306. The molecule has 0 saturated carbocycles. The molecule has 0 aliphatic carbocycles. The highest BCUT2D eigenvalue weighted by Gasteiger charge is 2.02. The molecule has 0 aliphatic rings. The lowest BCUT2D eigenvalue weighted by Gasteiger charge is -2.02. The van der Waals surface area contributed by atoms with Gasteiger partial charge in [0.2, 0.25) is 12.3 Å². The first-order chi connectivity index (χ1) is 10.1. The number of aliphatic hydroxyl groups is 2. The van der Waals surface area contributed by atoms with E-state index in [1.807, 2.05) is 0 Å². The van der Waals surface area contributed by atoms with Gasteiger partial charge in [-0.15, -0.1) is 0 Å². The number of isocyanates is 1. The molecule has 1 unspecified atom stereocenters. The van der Waals surface area contributed by atoms with Crippen LogP contribution in [0.1, 0.15) is 13.8 Å². The van der Waals surface area contributed by atoms with Crippen LogP contribution < -0.4 is 0 Å². The summed E-state index contributed by atoms with van der Waals surface area (Å²) in [5, 5.41) is 16.5. The number of carbonyl (C=O) groups is 1. The van der Waals surface area contributed by atoms with E-state index in [4.69, 9.17) is 19.7 Å². The summed E-state index contributed by atoms with van der Waals surface area (Å²) in [6.07, 6.45) is 3.32. The number of allylic oxidation sites excluding steroid dienone is 1. The number of rotatable bonds is 10. The van der Waals surface area contributed by atoms with Crippen molar-refractivity contribution in [3.8, 4) is 0 Å². The van der Waals surface area contributed by atoms with Crippen LogP contribution in [0.15, 0.2) is 17.1 Å². The first kappa shape index (κ1) is 21.7. The predicted molar refractivity (Wildman–Crippen MR) is 74.3 cm³/mol. The molecular formula is C13H23NO7. The topological polar surface area (TPSA) is 115 Å². The average Bonchev–Trinajstić information content (AvgIpc) is 2.44. The highest BCUT2D eigenvalue weighted by molar-refractivity contribution is 5.81. The molecule has 0 saturated heterocycles. The second-order valence-electron chi connectivity index (χ2n) is 3.43. The summed E-state index contributed by atoms with van der Waals surface area (Å²) in [4.78, 5) is 23.4.